The molecule has 2 saturated carbocycles. The second-order valence-electron chi connectivity index (χ2n) is 5.26. The lowest BCUT2D eigenvalue weighted by molar-refractivity contribution is -0.152. The molecule has 0 radical (unpaired) electrons. The van der Waals surface area contributed by atoms with Crippen LogP contribution >= 0.6 is 0 Å². The zero-order valence-electron chi connectivity index (χ0n) is 10.0. The van der Waals surface area contributed by atoms with Gasteiger partial charge in [-0.05, 0) is 31.1 Å². The third-order valence-corrected chi connectivity index (χ3v) is 4.02. The van der Waals surface area contributed by atoms with Gasteiger partial charge in [0.1, 0.15) is 13.1 Å². The molecular weight excluding hydrogens is 238 g/mol. The third kappa shape index (κ3) is 2.63. The first-order valence-corrected chi connectivity index (χ1v) is 6.19. The number of fused-ring (bicyclic) bond motifs is 2. The van der Waals surface area contributed by atoms with Gasteiger partial charge in [0, 0.05) is 5.92 Å². The number of amides is 1. The van der Waals surface area contributed by atoms with E-state index in [-0.39, 0.29) is 11.8 Å². The van der Waals surface area contributed by atoms with Crippen LogP contribution in [0.25, 0.3) is 0 Å². The van der Waals surface area contributed by atoms with Crippen molar-refractivity contribution in [3.8, 4) is 0 Å². The van der Waals surface area contributed by atoms with Gasteiger partial charge in [0.2, 0.25) is 5.91 Å². The molecule has 0 heterocycles. The second-order valence-corrected chi connectivity index (χ2v) is 5.26. The largest absolute Gasteiger partial charge is 0.480 e. The minimum Gasteiger partial charge on any atom is -0.480 e. The molecule has 0 spiro atoms. The summed E-state index contributed by atoms with van der Waals surface area (Å²) in [6.07, 6.45) is 3.98. The van der Waals surface area contributed by atoms with Crippen molar-refractivity contribution in [2.75, 3.05) is 13.1 Å². The lowest BCUT2D eigenvalue weighted by atomic mass is 9.87. The highest BCUT2D eigenvalue weighted by atomic mass is 16.4. The third-order valence-electron chi connectivity index (χ3n) is 4.02. The monoisotopic (exact) mass is 255 g/mol. The highest BCUT2D eigenvalue weighted by Gasteiger charge is 2.44. The van der Waals surface area contributed by atoms with E-state index < -0.39 is 25.0 Å². The van der Waals surface area contributed by atoms with Crippen LogP contribution in [0.3, 0.4) is 0 Å². The highest BCUT2D eigenvalue weighted by molar-refractivity contribution is 5.87. The topological polar surface area (TPSA) is 94.9 Å². The summed E-state index contributed by atoms with van der Waals surface area (Å²) in [5.41, 5.74) is 0. The van der Waals surface area contributed by atoms with Gasteiger partial charge in [-0.2, -0.15) is 0 Å². The summed E-state index contributed by atoms with van der Waals surface area (Å²) >= 11 is 0. The molecule has 2 aliphatic rings. The zero-order chi connectivity index (χ0) is 13.3. The Kier molecular flexibility index (Phi) is 3.54. The van der Waals surface area contributed by atoms with Crippen molar-refractivity contribution in [1.29, 1.82) is 0 Å². The Morgan fingerprint density at radius 3 is 2.00 bits per heavy atom. The molecule has 18 heavy (non-hydrogen) atoms. The van der Waals surface area contributed by atoms with Crippen LogP contribution in [0.1, 0.15) is 25.7 Å². The molecule has 0 aromatic heterocycles. The average Bonchev–Trinajstić information content (AvgIpc) is 2.87. The second kappa shape index (κ2) is 4.96. The number of carbonyl (C=O) groups is 3. The molecule has 6 nitrogen and oxygen atoms in total. The summed E-state index contributed by atoms with van der Waals surface area (Å²) in [4.78, 5) is 34.5. The van der Waals surface area contributed by atoms with Gasteiger partial charge in [0.15, 0.2) is 0 Å². The van der Waals surface area contributed by atoms with E-state index in [9.17, 15) is 14.4 Å². The smallest absolute Gasteiger partial charge is 0.323 e. The molecule has 100 valence electrons. The zero-order valence-corrected chi connectivity index (χ0v) is 10.0. The van der Waals surface area contributed by atoms with Crippen molar-refractivity contribution < 1.29 is 24.6 Å². The Hall–Kier alpha value is -1.59. The maximum atomic E-state index is 12.2. The van der Waals surface area contributed by atoms with Crippen LogP contribution in [0.2, 0.25) is 0 Å². The predicted molar refractivity (Wildman–Crippen MR) is 60.8 cm³/mol. The quantitative estimate of drug-likeness (QED) is 0.742. The number of hydrogen-bond acceptors (Lipinski definition) is 3. The first-order valence-electron chi connectivity index (χ1n) is 6.19. The number of carbonyl (C=O) groups excluding carboxylic acids is 1. The molecule has 2 N–H and O–H groups in total. The Morgan fingerprint density at radius 2 is 1.61 bits per heavy atom. The summed E-state index contributed by atoms with van der Waals surface area (Å²) in [5, 5.41) is 17.5. The van der Waals surface area contributed by atoms with E-state index in [2.05, 4.69) is 0 Å². The summed E-state index contributed by atoms with van der Waals surface area (Å²) in [7, 11) is 0. The number of hydrogen-bond donors (Lipinski definition) is 2. The Labute approximate surface area is 105 Å². The maximum Gasteiger partial charge on any atom is 0.323 e. The molecule has 2 rings (SSSR count). The molecule has 1 amide bonds. The highest BCUT2D eigenvalue weighted by Crippen LogP contribution is 2.48. The first kappa shape index (κ1) is 12.9. The fraction of sp³-hybridized carbons (Fsp3) is 0.750. The summed E-state index contributed by atoms with van der Waals surface area (Å²) < 4.78 is 0. The molecule has 2 aliphatic carbocycles. The minimum absolute atomic E-state index is 0.164. The normalized spacial score (nSPS) is 29.2. The van der Waals surface area contributed by atoms with Gasteiger partial charge in [-0.1, -0.05) is 6.42 Å². The Morgan fingerprint density at radius 1 is 1.00 bits per heavy atom. The number of carboxylic acid groups (broad SMARTS) is 2. The van der Waals surface area contributed by atoms with E-state index in [1.165, 1.54) is 0 Å². The van der Waals surface area contributed by atoms with Gasteiger partial charge in [-0.3, -0.25) is 14.4 Å². The van der Waals surface area contributed by atoms with Crippen molar-refractivity contribution in [2.45, 2.75) is 25.7 Å². The average molecular weight is 255 g/mol. The van der Waals surface area contributed by atoms with Gasteiger partial charge >= 0.3 is 11.9 Å². The van der Waals surface area contributed by atoms with Crippen LogP contribution in [0.15, 0.2) is 0 Å². The van der Waals surface area contributed by atoms with E-state index in [0.717, 1.165) is 30.6 Å². The van der Waals surface area contributed by atoms with E-state index in [1.807, 2.05) is 0 Å². The summed E-state index contributed by atoms with van der Waals surface area (Å²) in [5.74, 6) is -1.91. The maximum absolute atomic E-state index is 12.2. The molecule has 0 aromatic rings. The molecule has 6 heteroatoms. The molecule has 0 saturated heterocycles. The lowest BCUT2D eigenvalue weighted by Crippen LogP contribution is -2.43. The van der Waals surface area contributed by atoms with Crippen molar-refractivity contribution in [2.24, 2.45) is 17.8 Å². The van der Waals surface area contributed by atoms with E-state index >= 15 is 0 Å². The van der Waals surface area contributed by atoms with Crippen molar-refractivity contribution >= 4 is 17.8 Å². The molecule has 0 aromatic carbocycles. The van der Waals surface area contributed by atoms with Crippen LogP contribution in [0, 0.1) is 17.8 Å². The number of rotatable bonds is 5. The van der Waals surface area contributed by atoms with E-state index in [1.54, 1.807) is 0 Å². The Balaban J connectivity index is 2.03. The molecule has 0 aliphatic heterocycles. The van der Waals surface area contributed by atoms with Crippen LogP contribution in [-0.4, -0.2) is 46.0 Å². The van der Waals surface area contributed by atoms with Crippen LogP contribution < -0.4 is 0 Å². The van der Waals surface area contributed by atoms with Gasteiger partial charge in [0.25, 0.3) is 0 Å². The number of aliphatic carboxylic acids is 2. The van der Waals surface area contributed by atoms with Crippen molar-refractivity contribution in [3.63, 3.8) is 0 Å². The van der Waals surface area contributed by atoms with Crippen LogP contribution in [0.5, 0.6) is 0 Å². The van der Waals surface area contributed by atoms with Gasteiger partial charge in [-0.25, -0.2) is 0 Å². The summed E-state index contributed by atoms with van der Waals surface area (Å²) in [6.45, 7) is -1.06. The molecule has 2 bridgehead atoms. The van der Waals surface area contributed by atoms with Gasteiger partial charge in [-0.15, -0.1) is 0 Å². The molecular formula is C12H17NO5. The van der Waals surface area contributed by atoms with Crippen molar-refractivity contribution in [1.82, 2.24) is 4.90 Å². The molecule has 3 unspecified atom stereocenters. The van der Waals surface area contributed by atoms with E-state index in [0.29, 0.717) is 11.8 Å². The lowest BCUT2D eigenvalue weighted by Gasteiger charge is -2.27. The SMILES string of the molecule is O=C(O)CN(CC(=O)O)C(=O)C1CC2CCC1C2. The number of nitrogens with zero attached hydrogens (tertiary/aromatic N) is 1. The fourth-order valence-corrected chi connectivity index (χ4v) is 3.32. The minimum atomic E-state index is -1.17. The fourth-order valence-electron chi connectivity index (χ4n) is 3.32. The standard InChI is InChI=1S/C12H17NO5/c14-10(15)5-13(6-11(16)17)12(18)9-4-7-1-2-8(9)3-7/h7-9H,1-6H2,(H,14,15)(H,16,17). The Bertz CT molecular complexity index is 365. The predicted octanol–water partition coefficient (Wildman–Crippen LogP) is 0.420. The molecule has 2 fully saturated rings. The summed E-state index contributed by atoms with van der Waals surface area (Å²) in [6, 6.07) is 0. The van der Waals surface area contributed by atoms with Crippen molar-refractivity contribution in [3.05, 3.63) is 0 Å². The van der Waals surface area contributed by atoms with Crippen LogP contribution in [-0.2, 0) is 14.4 Å². The van der Waals surface area contributed by atoms with Crippen LogP contribution in [0.4, 0.5) is 0 Å². The van der Waals surface area contributed by atoms with Gasteiger partial charge < -0.3 is 15.1 Å². The number of carboxylic acids is 2. The molecule has 3 atom stereocenters. The first-order chi connectivity index (χ1) is 8.47. The van der Waals surface area contributed by atoms with Gasteiger partial charge in [0.05, 0.1) is 0 Å². The van der Waals surface area contributed by atoms with E-state index in [4.69, 9.17) is 10.2 Å².